The van der Waals surface area contributed by atoms with E-state index in [1.165, 1.54) is 0 Å². The van der Waals surface area contributed by atoms with E-state index in [0.717, 1.165) is 5.69 Å². The lowest BCUT2D eigenvalue weighted by Crippen LogP contribution is -2.37. The number of aryl methyl sites for hydroxylation is 1. The van der Waals surface area contributed by atoms with Gasteiger partial charge in [-0.15, -0.1) is 0 Å². The number of nitrogens with zero attached hydrogens (tertiary/aromatic N) is 3. The van der Waals surface area contributed by atoms with E-state index in [9.17, 15) is 4.79 Å². The van der Waals surface area contributed by atoms with Gasteiger partial charge < -0.3 is 5.11 Å². The van der Waals surface area contributed by atoms with Gasteiger partial charge in [0.2, 0.25) is 0 Å². The molecule has 1 unspecified atom stereocenters. The summed E-state index contributed by atoms with van der Waals surface area (Å²) in [5.41, 5.74) is 0.842. The quantitative estimate of drug-likeness (QED) is 0.809. The molecular formula is C11H17N3O2. The van der Waals surface area contributed by atoms with Gasteiger partial charge in [-0.1, -0.05) is 6.92 Å². The van der Waals surface area contributed by atoms with Crippen LogP contribution in [0.5, 0.6) is 0 Å². The molecule has 16 heavy (non-hydrogen) atoms. The van der Waals surface area contributed by atoms with Gasteiger partial charge in [0.25, 0.3) is 0 Å². The predicted octanol–water partition coefficient (Wildman–Crippen LogP) is 1.08. The molecule has 0 aliphatic carbocycles. The number of hydrogen-bond acceptors (Lipinski definition) is 4. The first-order valence-corrected chi connectivity index (χ1v) is 5.26. The number of aliphatic carboxylic acids is 1. The average Bonchev–Trinajstić information content (AvgIpc) is 2.17. The highest BCUT2D eigenvalue weighted by molar-refractivity contribution is 5.73. The van der Waals surface area contributed by atoms with Crippen molar-refractivity contribution < 1.29 is 9.90 Å². The van der Waals surface area contributed by atoms with Crippen LogP contribution in [0, 0.1) is 6.92 Å². The van der Waals surface area contributed by atoms with Gasteiger partial charge >= 0.3 is 5.97 Å². The van der Waals surface area contributed by atoms with Crippen LogP contribution in [-0.4, -0.2) is 39.0 Å². The Morgan fingerprint density at radius 3 is 2.81 bits per heavy atom. The molecule has 1 atom stereocenters. The fourth-order valence-corrected chi connectivity index (χ4v) is 1.63. The highest BCUT2D eigenvalue weighted by Gasteiger charge is 2.20. The van der Waals surface area contributed by atoms with E-state index in [4.69, 9.17) is 5.11 Å². The number of aromatic nitrogens is 2. The molecule has 0 radical (unpaired) electrons. The van der Waals surface area contributed by atoms with E-state index in [1.54, 1.807) is 24.2 Å². The first-order chi connectivity index (χ1) is 7.54. The van der Waals surface area contributed by atoms with Crippen molar-refractivity contribution in [3.63, 3.8) is 0 Å². The molecule has 0 saturated heterocycles. The molecule has 0 bridgehead atoms. The lowest BCUT2D eigenvalue weighted by atomic mass is 10.2. The first kappa shape index (κ1) is 12.6. The van der Waals surface area contributed by atoms with Crippen LogP contribution in [0.3, 0.4) is 0 Å². The third kappa shape index (κ3) is 3.27. The molecule has 0 amide bonds. The lowest BCUT2D eigenvalue weighted by molar-refractivity contribution is -0.143. The number of carboxylic acid groups (broad SMARTS) is 1. The molecular weight excluding hydrogens is 206 g/mol. The normalized spacial score (nSPS) is 12.8. The summed E-state index contributed by atoms with van der Waals surface area (Å²) in [6.45, 7) is 4.20. The van der Waals surface area contributed by atoms with Crippen molar-refractivity contribution in [3.05, 3.63) is 23.8 Å². The van der Waals surface area contributed by atoms with Crippen LogP contribution in [0.1, 0.15) is 24.9 Å². The second-order valence-corrected chi connectivity index (χ2v) is 3.77. The minimum Gasteiger partial charge on any atom is -0.480 e. The summed E-state index contributed by atoms with van der Waals surface area (Å²) < 4.78 is 0. The Morgan fingerprint density at radius 1 is 1.62 bits per heavy atom. The molecule has 88 valence electrons. The van der Waals surface area contributed by atoms with Crippen LogP contribution in [0.4, 0.5) is 0 Å². The van der Waals surface area contributed by atoms with E-state index in [0.29, 0.717) is 18.8 Å². The molecule has 1 heterocycles. The molecule has 5 heteroatoms. The van der Waals surface area contributed by atoms with Gasteiger partial charge in [0.05, 0.1) is 5.69 Å². The second-order valence-electron chi connectivity index (χ2n) is 3.77. The van der Waals surface area contributed by atoms with Gasteiger partial charge in [0, 0.05) is 12.7 Å². The molecule has 1 aromatic rings. The van der Waals surface area contributed by atoms with Crippen LogP contribution in [0.15, 0.2) is 12.3 Å². The summed E-state index contributed by atoms with van der Waals surface area (Å²) in [4.78, 5) is 21.0. The fraction of sp³-hybridized carbons (Fsp3) is 0.545. The number of hydrogen-bond donors (Lipinski definition) is 1. The number of carboxylic acids is 1. The van der Waals surface area contributed by atoms with Crippen LogP contribution in [0.25, 0.3) is 0 Å². The van der Waals surface area contributed by atoms with E-state index in [2.05, 4.69) is 9.97 Å². The molecule has 0 fully saturated rings. The summed E-state index contributed by atoms with van der Waals surface area (Å²) in [5, 5.41) is 9.00. The Balaban J connectivity index is 2.69. The Labute approximate surface area is 95.1 Å². The largest absolute Gasteiger partial charge is 0.480 e. The lowest BCUT2D eigenvalue weighted by Gasteiger charge is -2.22. The van der Waals surface area contributed by atoms with Gasteiger partial charge in [-0.05, 0) is 26.5 Å². The van der Waals surface area contributed by atoms with Gasteiger partial charge in [0.15, 0.2) is 0 Å². The third-order valence-electron chi connectivity index (χ3n) is 2.45. The van der Waals surface area contributed by atoms with Crippen LogP contribution >= 0.6 is 0 Å². The summed E-state index contributed by atoms with van der Waals surface area (Å²) >= 11 is 0. The minimum absolute atomic E-state index is 0.463. The first-order valence-electron chi connectivity index (χ1n) is 5.26. The Bertz CT molecular complexity index is 368. The van der Waals surface area contributed by atoms with E-state index in [1.807, 2.05) is 13.8 Å². The molecule has 1 aromatic heterocycles. The van der Waals surface area contributed by atoms with Crippen molar-refractivity contribution in [2.24, 2.45) is 0 Å². The summed E-state index contributed by atoms with van der Waals surface area (Å²) in [6, 6.07) is 1.34. The van der Waals surface area contributed by atoms with Crippen LogP contribution in [-0.2, 0) is 11.3 Å². The second kappa shape index (κ2) is 5.55. The summed E-state index contributed by atoms with van der Waals surface area (Å²) in [5.74, 6) is -0.0925. The Morgan fingerprint density at radius 2 is 2.31 bits per heavy atom. The third-order valence-corrected chi connectivity index (χ3v) is 2.45. The summed E-state index contributed by atoms with van der Waals surface area (Å²) in [6.07, 6.45) is 2.27. The van der Waals surface area contributed by atoms with Gasteiger partial charge in [0.1, 0.15) is 11.9 Å². The monoisotopic (exact) mass is 223 g/mol. The van der Waals surface area contributed by atoms with Crippen molar-refractivity contribution in [1.29, 1.82) is 0 Å². The van der Waals surface area contributed by atoms with E-state index < -0.39 is 12.0 Å². The number of carbonyl (C=O) groups is 1. The fourth-order valence-electron chi connectivity index (χ4n) is 1.63. The zero-order chi connectivity index (χ0) is 12.1. The molecule has 1 N–H and O–H groups in total. The topological polar surface area (TPSA) is 66.3 Å². The van der Waals surface area contributed by atoms with Crippen molar-refractivity contribution in [2.45, 2.75) is 32.9 Å². The molecule has 0 aliphatic heterocycles. The van der Waals surface area contributed by atoms with E-state index in [-0.39, 0.29) is 0 Å². The average molecular weight is 223 g/mol. The molecule has 0 aromatic carbocycles. The Kier molecular flexibility index (Phi) is 4.37. The zero-order valence-corrected chi connectivity index (χ0v) is 9.84. The van der Waals surface area contributed by atoms with E-state index >= 15 is 0 Å². The zero-order valence-electron chi connectivity index (χ0n) is 9.84. The van der Waals surface area contributed by atoms with Crippen molar-refractivity contribution in [1.82, 2.24) is 14.9 Å². The minimum atomic E-state index is -0.796. The number of rotatable bonds is 5. The Hall–Kier alpha value is -1.49. The standard InChI is InChI=1S/C11H17N3O2/c1-4-10(11(15)16)14(3)7-9-5-6-12-8(2)13-9/h5-6,10H,4,7H2,1-3H3,(H,15,16). The SMILES string of the molecule is CCC(C(=O)O)N(C)Cc1ccnc(C)n1. The molecule has 1 rings (SSSR count). The van der Waals surface area contributed by atoms with Crippen LogP contribution in [0.2, 0.25) is 0 Å². The number of likely N-dealkylation sites (N-methyl/N-ethyl adjacent to an activating group) is 1. The molecule has 0 saturated carbocycles. The molecule has 0 aliphatic rings. The van der Waals surface area contributed by atoms with Gasteiger partial charge in [-0.2, -0.15) is 0 Å². The molecule has 5 nitrogen and oxygen atoms in total. The maximum absolute atomic E-state index is 11.0. The predicted molar refractivity (Wildman–Crippen MR) is 60.0 cm³/mol. The van der Waals surface area contributed by atoms with Crippen molar-refractivity contribution >= 4 is 5.97 Å². The maximum Gasteiger partial charge on any atom is 0.320 e. The van der Waals surface area contributed by atoms with Crippen LogP contribution < -0.4 is 0 Å². The smallest absolute Gasteiger partial charge is 0.320 e. The van der Waals surface area contributed by atoms with Crippen molar-refractivity contribution in [2.75, 3.05) is 7.05 Å². The summed E-state index contributed by atoms with van der Waals surface area (Å²) in [7, 11) is 1.79. The van der Waals surface area contributed by atoms with Crippen molar-refractivity contribution in [3.8, 4) is 0 Å². The highest BCUT2D eigenvalue weighted by Crippen LogP contribution is 2.07. The van der Waals surface area contributed by atoms with Gasteiger partial charge in [-0.3, -0.25) is 9.69 Å². The highest BCUT2D eigenvalue weighted by atomic mass is 16.4. The maximum atomic E-state index is 11.0. The van der Waals surface area contributed by atoms with Gasteiger partial charge in [-0.25, -0.2) is 9.97 Å². The molecule has 0 spiro atoms.